The molecule has 1 aromatic carbocycles. The topological polar surface area (TPSA) is 57.0 Å². The molecule has 0 radical (unpaired) electrons. The Morgan fingerprint density at radius 1 is 1.37 bits per heavy atom. The van der Waals surface area contributed by atoms with Crippen LogP contribution in [0.15, 0.2) is 47.3 Å². The van der Waals surface area contributed by atoms with E-state index in [0.29, 0.717) is 0 Å². The second-order valence-electron chi connectivity index (χ2n) is 4.70. The summed E-state index contributed by atoms with van der Waals surface area (Å²) in [5.74, 6) is 0. The smallest absolute Gasteiger partial charge is 0.134 e. The largest absolute Gasteiger partial charge is 0.464 e. The maximum atomic E-state index is 6.29. The van der Waals surface area contributed by atoms with Crippen molar-refractivity contribution < 1.29 is 4.42 Å². The van der Waals surface area contributed by atoms with Crippen molar-refractivity contribution in [1.29, 1.82) is 0 Å². The monoisotopic (exact) mass is 255 g/mol. The van der Waals surface area contributed by atoms with Crippen LogP contribution in [0, 0.1) is 0 Å². The summed E-state index contributed by atoms with van der Waals surface area (Å²) >= 11 is 0. The average molecular weight is 255 g/mol. The van der Waals surface area contributed by atoms with E-state index in [4.69, 9.17) is 10.2 Å². The van der Waals surface area contributed by atoms with Crippen molar-refractivity contribution in [2.45, 2.75) is 25.9 Å². The van der Waals surface area contributed by atoms with Crippen LogP contribution in [-0.4, -0.2) is 9.78 Å². The molecule has 98 valence electrons. The lowest BCUT2D eigenvalue weighted by molar-refractivity contribution is 0.599. The number of furan rings is 1. The maximum absolute atomic E-state index is 6.29. The highest BCUT2D eigenvalue weighted by molar-refractivity contribution is 5.81. The number of hydrogen-bond acceptors (Lipinski definition) is 3. The van der Waals surface area contributed by atoms with Gasteiger partial charge in [-0.15, -0.1) is 0 Å². The van der Waals surface area contributed by atoms with Gasteiger partial charge in [0.2, 0.25) is 0 Å². The third-order valence-electron chi connectivity index (χ3n) is 3.38. The van der Waals surface area contributed by atoms with Crippen LogP contribution in [0.3, 0.4) is 0 Å². The molecule has 2 heterocycles. The van der Waals surface area contributed by atoms with Gasteiger partial charge in [-0.05, 0) is 25.0 Å². The number of benzene rings is 1. The van der Waals surface area contributed by atoms with E-state index < -0.39 is 0 Å². The van der Waals surface area contributed by atoms with Gasteiger partial charge in [0.15, 0.2) is 0 Å². The van der Waals surface area contributed by atoms with Crippen LogP contribution in [0.5, 0.6) is 0 Å². The first-order valence-electron chi connectivity index (χ1n) is 6.51. The highest BCUT2D eigenvalue weighted by atomic mass is 16.3. The van der Waals surface area contributed by atoms with E-state index >= 15 is 0 Å². The first-order valence-corrected chi connectivity index (χ1v) is 6.51. The average Bonchev–Trinajstić information content (AvgIpc) is 3.04. The van der Waals surface area contributed by atoms with Gasteiger partial charge in [-0.25, -0.2) is 0 Å². The molecule has 3 rings (SSSR count). The summed E-state index contributed by atoms with van der Waals surface area (Å²) < 4.78 is 7.45. The summed E-state index contributed by atoms with van der Waals surface area (Å²) in [6.45, 7) is 2.95. The van der Waals surface area contributed by atoms with E-state index in [1.54, 1.807) is 6.26 Å². The molecule has 1 atom stereocenters. The van der Waals surface area contributed by atoms with E-state index in [0.717, 1.165) is 35.1 Å². The molecule has 0 fully saturated rings. The minimum atomic E-state index is -0.0712. The lowest BCUT2D eigenvalue weighted by Crippen LogP contribution is -2.12. The summed E-state index contributed by atoms with van der Waals surface area (Å²) in [7, 11) is 0. The van der Waals surface area contributed by atoms with Crippen molar-refractivity contribution in [3.63, 3.8) is 0 Å². The van der Waals surface area contributed by atoms with Gasteiger partial charge < -0.3 is 10.2 Å². The minimum Gasteiger partial charge on any atom is -0.464 e. The predicted octanol–water partition coefficient (Wildman–Crippen LogP) is 2.89. The SMILES string of the molecule is CCn1cc(CC(N)c2coc3ccccc23)cn1. The Kier molecular flexibility index (Phi) is 3.09. The summed E-state index contributed by atoms with van der Waals surface area (Å²) in [4.78, 5) is 0. The number of aromatic nitrogens is 2. The number of nitrogens with two attached hydrogens (primary N) is 1. The van der Waals surface area contributed by atoms with E-state index in [-0.39, 0.29) is 6.04 Å². The molecule has 1 unspecified atom stereocenters. The first-order chi connectivity index (χ1) is 9.28. The zero-order valence-electron chi connectivity index (χ0n) is 10.9. The highest BCUT2D eigenvalue weighted by Gasteiger charge is 2.14. The van der Waals surface area contributed by atoms with E-state index in [2.05, 4.69) is 12.0 Å². The quantitative estimate of drug-likeness (QED) is 0.779. The number of rotatable bonds is 4. The van der Waals surface area contributed by atoms with Gasteiger partial charge in [-0.2, -0.15) is 5.10 Å². The van der Waals surface area contributed by atoms with Crippen LogP contribution >= 0.6 is 0 Å². The Labute approximate surface area is 111 Å². The summed E-state index contributed by atoms with van der Waals surface area (Å²) in [5, 5.41) is 5.36. The number of nitrogens with zero attached hydrogens (tertiary/aromatic N) is 2. The number of hydrogen-bond donors (Lipinski definition) is 1. The van der Waals surface area contributed by atoms with Gasteiger partial charge >= 0.3 is 0 Å². The van der Waals surface area contributed by atoms with Crippen LogP contribution in [0.25, 0.3) is 11.0 Å². The number of para-hydroxylation sites is 1. The van der Waals surface area contributed by atoms with Crippen molar-refractivity contribution in [2.75, 3.05) is 0 Å². The molecular weight excluding hydrogens is 238 g/mol. The second-order valence-corrected chi connectivity index (χ2v) is 4.70. The molecule has 3 aromatic rings. The lowest BCUT2D eigenvalue weighted by atomic mass is 10.0. The van der Waals surface area contributed by atoms with Crippen LogP contribution in [0.4, 0.5) is 0 Å². The third-order valence-corrected chi connectivity index (χ3v) is 3.38. The van der Waals surface area contributed by atoms with Gasteiger partial charge in [-0.3, -0.25) is 4.68 Å². The molecule has 2 aromatic heterocycles. The van der Waals surface area contributed by atoms with Crippen LogP contribution in [-0.2, 0) is 13.0 Å². The van der Waals surface area contributed by atoms with Gasteiger partial charge in [0.1, 0.15) is 5.58 Å². The summed E-state index contributed by atoms with van der Waals surface area (Å²) in [5.41, 5.74) is 9.39. The molecule has 0 aliphatic rings. The minimum absolute atomic E-state index is 0.0712. The van der Waals surface area contributed by atoms with Crippen molar-refractivity contribution >= 4 is 11.0 Å². The zero-order valence-corrected chi connectivity index (χ0v) is 10.9. The molecule has 0 saturated carbocycles. The van der Waals surface area contributed by atoms with Crippen LogP contribution < -0.4 is 5.73 Å². The molecule has 0 saturated heterocycles. The molecular formula is C15H17N3O. The van der Waals surface area contributed by atoms with Crippen molar-refractivity contribution in [2.24, 2.45) is 5.73 Å². The summed E-state index contributed by atoms with van der Waals surface area (Å²) in [6.07, 6.45) is 6.46. The molecule has 2 N–H and O–H groups in total. The Morgan fingerprint density at radius 3 is 3.00 bits per heavy atom. The normalized spacial score (nSPS) is 12.9. The molecule has 0 amide bonds. The number of fused-ring (bicyclic) bond motifs is 1. The van der Waals surface area contributed by atoms with Crippen LogP contribution in [0.2, 0.25) is 0 Å². The molecule has 0 bridgehead atoms. The van der Waals surface area contributed by atoms with Crippen LogP contribution in [0.1, 0.15) is 24.1 Å². The zero-order chi connectivity index (χ0) is 13.2. The Morgan fingerprint density at radius 2 is 2.21 bits per heavy atom. The summed E-state index contributed by atoms with van der Waals surface area (Å²) in [6, 6.07) is 7.90. The standard InChI is InChI=1S/C15H17N3O/c1-2-18-9-11(8-17-18)7-14(16)13-10-19-15-6-4-3-5-12(13)15/h3-6,8-10,14H,2,7,16H2,1H3. The van der Waals surface area contributed by atoms with E-state index in [1.165, 1.54) is 0 Å². The fourth-order valence-electron chi connectivity index (χ4n) is 2.33. The number of aryl methyl sites for hydroxylation is 1. The fraction of sp³-hybridized carbons (Fsp3) is 0.267. The van der Waals surface area contributed by atoms with Gasteiger partial charge in [0.05, 0.1) is 12.5 Å². The molecule has 4 heteroatoms. The van der Waals surface area contributed by atoms with E-state index in [9.17, 15) is 0 Å². The fourth-order valence-corrected chi connectivity index (χ4v) is 2.33. The lowest BCUT2D eigenvalue weighted by Gasteiger charge is -2.08. The van der Waals surface area contributed by atoms with E-state index in [1.807, 2.05) is 41.3 Å². The van der Waals surface area contributed by atoms with Crippen molar-refractivity contribution in [3.8, 4) is 0 Å². The molecule has 4 nitrogen and oxygen atoms in total. The predicted molar refractivity (Wildman–Crippen MR) is 74.7 cm³/mol. The Bertz CT molecular complexity index is 683. The van der Waals surface area contributed by atoms with Gasteiger partial charge in [-0.1, -0.05) is 18.2 Å². The van der Waals surface area contributed by atoms with Gasteiger partial charge in [0, 0.05) is 29.7 Å². The van der Waals surface area contributed by atoms with Crippen molar-refractivity contribution in [1.82, 2.24) is 9.78 Å². The molecule has 0 aliphatic heterocycles. The van der Waals surface area contributed by atoms with Gasteiger partial charge in [0.25, 0.3) is 0 Å². The molecule has 0 aliphatic carbocycles. The first kappa shape index (κ1) is 12.0. The Hall–Kier alpha value is -2.07. The van der Waals surface area contributed by atoms with Crippen molar-refractivity contribution in [3.05, 3.63) is 54.0 Å². The third kappa shape index (κ3) is 2.27. The second kappa shape index (κ2) is 4.90. The molecule has 0 spiro atoms. The Balaban J connectivity index is 1.85. The molecule has 19 heavy (non-hydrogen) atoms. The maximum Gasteiger partial charge on any atom is 0.134 e. The highest BCUT2D eigenvalue weighted by Crippen LogP contribution is 2.26.